The van der Waals surface area contributed by atoms with E-state index in [4.69, 9.17) is 0 Å². The second-order valence-electron chi connectivity index (χ2n) is 8.06. The van der Waals surface area contributed by atoms with E-state index in [-0.39, 0.29) is 17.9 Å². The van der Waals surface area contributed by atoms with Gasteiger partial charge < -0.3 is 9.88 Å². The van der Waals surface area contributed by atoms with E-state index in [0.29, 0.717) is 6.04 Å². The quantitative estimate of drug-likeness (QED) is 0.912. The van der Waals surface area contributed by atoms with E-state index in [0.717, 1.165) is 25.9 Å². The molecule has 1 aliphatic carbocycles. The van der Waals surface area contributed by atoms with E-state index in [1.165, 1.54) is 27.6 Å². The molecule has 1 aliphatic heterocycles. The smallest absolute Gasteiger partial charge is 0.231 e. The number of H-pyrrole nitrogens is 1. The molecule has 2 aliphatic rings. The number of nitrogens with one attached hydrogen (secondary N) is 1. The summed E-state index contributed by atoms with van der Waals surface area (Å²) in [6.45, 7) is 8.00. The summed E-state index contributed by atoms with van der Waals surface area (Å²) in [5, 5.41) is 1.34. The van der Waals surface area contributed by atoms with E-state index >= 15 is 0 Å². The fourth-order valence-electron chi connectivity index (χ4n) is 4.68. The molecule has 1 aromatic carbocycles. The van der Waals surface area contributed by atoms with Crippen molar-refractivity contribution in [3.05, 3.63) is 41.6 Å². The highest BCUT2D eigenvalue weighted by molar-refractivity contribution is 5.99. The Morgan fingerprint density at radius 3 is 2.92 bits per heavy atom. The topological polar surface area (TPSA) is 39.3 Å². The van der Waals surface area contributed by atoms with Crippen molar-refractivity contribution in [2.75, 3.05) is 20.1 Å². The summed E-state index contributed by atoms with van der Waals surface area (Å²) in [5.74, 6) is 0.211. The van der Waals surface area contributed by atoms with Crippen molar-refractivity contribution in [2.24, 2.45) is 5.92 Å². The van der Waals surface area contributed by atoms with Crippen LogP contribution in [0.5, 0.6) is 0 Å². The number of carbonyl (C=O) groups is 1. The molecule has 4 nitrogen and oxygen atoms in total. The number of amides is 1. The zero-order chi connectivity index (χ0) is 18.4. The molecule has 0 spiro atoms. The van der Waals surface area contributed by atoms with E-state index in [9.17, 15) is 4.79 Å². The number of benzene rings is 1. The molecule has 2 aromatic rings. The van der Waals surface area contributed by atoms with Crippen LogP contribution in [0.1, 0.15) is 38.3 Å². The van der Waals surface area contributed by atoms with Gasteiger partial charge >= 0.3 is 0 Å². The Bertz CT molecular complexity index is 863. The monoisotopic (exact) mass is 351 g/mol. The summed E-state index contributed by atoms with van der Waals surface area (Å²) in [6, 6.07) is 7.08. The van der Waals surface area contributed by atoms with Gasteiger partial charge in [-0.05, 0) is 56.5 Å². The fourth-order valence-corrected chi connectivity index (χ4v) is 4.68. The lowest BCUT2D eigenvalue weighted by atomic mass is 9.79. The van der Waals surface area contributed by atoms with Crippen LogP contribution in [-0.4, -0.2) is 52.9 Å². The molecule has 0 saturated heterocycles. The van der Waals surface area contributed by atoms with Crippen LogP contribution in [0.15, 0.2) is 30.5 Å². The van der Waals surface area contributed by atoms with Gasteiger partial charge in [0.1, 0.15) is 0 Å². The van der Waals surface area contributed by atoms with Crippen LogP contribution in [0.4, 0.5) is 0 Å². The third kappa shape index (κ3) is 2.67. The first-order valence-electron chi connectivity index (χ1n) is 9.83. The molecule has 26 heavy (non-hydrogen) atoms. The molecule has 138 valence electrons. The molecular weight excluding hydrogens is 322 g/mol. The number of rotatable bonds is 4. The maximum absolute atomic E-state index is 13.2. The lowest BCUT2D eigenvalue weighted by Gasteiger charge is -2.41. The minimum atomic E-state index is -0.0593. The average Bonchev–Trinajstić information content (AvgIpc) is 3.04. The number of hydrogen-bond donors (Lipinski definition) is 1. The molecule has 1 aromatic heterocycles. The van der Waals surface area contributed by atoms with E-state index in [2.05, 4.69) is 68.2 Å². The molecule has 0 saturated carbocycles. The standard InChI is InChI=1S/C22H29N3O/c1-5-9-25(14(2)3)22(26)16-10-18-17-7-6-8-19-21(17)15(12-23-19)11-20(18)24(4)13-16/h6-8,10,12,14,16,20,23H,5,9,11,13H2,1-4H3. The maximum Gasteiger partial charge on any atom is 0.231 e. The van der Waals surface area contributed by atoms with Crippen molar-refractivity contribution in [3.63, 3.8) is 0 Å². The summed E-state index contributed by atoms with van der Waals surface area (Å²) in [5.41, 5.74) is 5.22. The second kappa shape index (κ2) is 6.58. The van der Waals surface area contributed by atoms with E-state index in [1.807, 2.05) is 4.90 Å². The minimum Gasteiger partial charge on any atom is -0.361 e. The van der Waals surface area contributed by atoms with Crippen molar-refractivity contribution < 1.29 is 4.79 Å². The van der Waals surface area contributed by atoms with Crippen LogP contribution in [0.25, 0.3) is 16.5 Å². The van der Waals surface area contributed by atoms with Crippen LogP contribution >= 0.6 is 0 Å². The van der Waals surface area contributed by atoms with Crippen LogP contribution in [0.3, 0.4) is 0 Å². The third-order valence-corrected chi connectivity index (χ3v) is 5.96. The lowest BCUT2D eigenvalue weighted by molar-refractivity contribution is -0.136. The first kappa shape index (κ1) is 17.3. The molecule has 4 rings (SSSR count). The molecule has 1 N–H and O–H groups in total. The summed E-state index contributed by atoms with van der Waals surface area (Å²) >= 11 is 0. The van der Waals surface area contributed by atoms with Crippen molar-refractivity contribution in [2.45, 2.75) is 45.7 Å². The van der Waals surface area contributed by atoms with Crippen molar-refractivity contribution in [3.8, 4) is 0 Å². The van der Waals surface area contributed by atoms with Crippen molar-refractivity contribution in [1.82, 2.24) is 14.8 Å². The molecule has 1 amide bonds. The predicted molar refractivity (Wildman–Crippen MR) is 107 cm³/mol. The summed E-state index contributed by atoms with van der Waals surface area (Å²) in [4.78, 5) is 21.1. The number of carbonyl (C=O) groups excluding carboxylic acids is 1. The van der Waals surface area contributed by atoms with Gasteiger partial charge in [0.15, 0.2) is 0 Å². The average molecular weight is 351 g/mol. The minimum absolute atomic E-state index is 0.0593. The zero-order valence-electron chi connectivity index (χ0n) is 16.2. The number of nitrogens with zero attached hydrogens (tertiary/aromatic N) is 2. The Labute approximate surface area is 155 Å². The normalized spacial score (nSPS) is 22.4. The van der Waals surface area contributed by atoms with Crippen molar-refractivity contribution in [1.29, 1.82) is 0 Å². The Balaban J connectivity index is 1.75. The first-order valence-corrected chi connectivity index (χ1v) is 9.83. The van der Waals surface area contributed by atoms with Gasteiger partial charge in [0.25, 0.3) is 0 Å². The summed E-state index contributed by atoms with van der Waals surface area (Å²) < 4.78 is 0. The van der Waals surface area contributed by atoms with Gasteiger partial charge in [0.05, 0.1) is 5.92 Å². The SMILES string of the molecule is CCCN(C(=O)C1C=C2c3cccc4[nH]cc(c34)CC2N(C)C1)C(C)C. The molecule has 0 radical (unpaired) electrons. The Kier molecular flexibility index (Phi) is 4.39. The molecule has 2 unspecified atom stereocenters. The maximum atomic E-state index is 13.2. The molecule has 4 heteroatoms. The largest absolute Gasteiger partial charge is 0.361 e. The second-order valence-corrected chi connectivity index (χ2v) is 8.06. The summed E-state index contributed by atoms with van der Waals surface area (Å²) in [6.07, 6.45) is 6.43. The molecule has 2 heterocycles. The van der Waals surface area contributed by atoms with E-state index < -0.39 is 0 Å². The number of aromatic amines is 1. The van der Waals surface area contributed by atoms with Crippen LogP contribution in [0, 0.1) is 5.92 Å². The zero-order valence-corrected chi connectivity index (χ0v) is 16.2. The van der Waals surface area contributed by atoms with Gasteiger partial charge in [-0.15, -0.1) is 0 Å². The Morgan fingerprint density at radius 1 is 1.38 bits per heavy atom. The first-order chi connectivity index (χ1) is 12.5. The molecule has 0 fully saturated rings. The van der Waals surface area contributed by atoms with Gasteiger partial charge in [0.2, 0.25) is 5.91 Å². The molecule has 0 bridgehead atoms. The third-order valence-electron chi connectivity index (χ3n) is 5.96. The van der Waals surface area contributed by atoms with Crippen LogP contribution < -0.4 is 0 Å². The van der Waals surface area contributed by atoms with Crippen LogP contribution in [0.2, 0.25) is 0 Å². The Hall–Kier alpha value is -2.07. The highest BCUT2D eigenvalue weighted by atomic mass is 16.2. The van der Waals surface area contributed by atoms with Gasteiger partial charge in [-0.1, -0.05) is 25.1 Å². The lowest BCUT2D eigenvalue weighted by Crippen LogP contribution is -2.49. The number of aromatic nitrogens is 1. The highest BCUT2D eigenvalue weighted by Gasteiger charge is 2.37. The van der Waals surface area contributed by atoms with Gasteiger partial charge in [-0.2, -0.15) is 0 Å². The van der Waals surface area contributed by atoms with Crippen LogP contribution in [-0.2, 0) is 11.2 Å². The van der Waals surface area contributed by atoms with Crippen molar-refractivity contribution >= 4 is 22.4 Å². The van der Waals surface area contributed by atoms with Gasteiger partial charge in [-0.25, -0.2) is 0 Å². The molecule has 2 atom stereocenters. The fraction of sp³-hybridized carbons (Fsp3) is 0.500. The highest BCUT2D eigenvalue weighted by Crippen LogP contribution is 2.41. The van der Waals surface area contributed by atoms with E-state index in [1.54, 1.807) is 0 Å². The predicted octanol–water partition coefficient (Wildman–Crippen LogP) is 3.68. The Morgan fingerprint density at radius 2 is 2.19 bits per heavy atom. The number of likely N-dealkylation sites (N-methyl/N-ethyl adjacent to an activating group) is 1. The van der Waals surface area contributed by atoms with Gasteiger partial charge in [-0.3, -0.25) is 9.69 Å². The number of fused-ring (bicyclic) bond motifs is 2. The number of hydrogen-bond acceptors (Lipinski definition) is 2. The summed E-state index contributed by atoms with van der Waals surface area (Å²) in [7, 11) is 2.16. The molecular formula is C22H29N3O. The van der Waals surface area contributed by atoms with Gasteiger partial charge in [0, 0.05) is 42.3 Å².